The molecule has 0 radical (unpaired) electrons. The molecule has 6 nitrogen and oxygen atoms in total. The van der Waals surface area contributed by atoms with E-state index >= 15 is 0 Å². The number of rotatable bonds is 7. The SMILES string of the molecule is CCOCCOc1ccc(C(=O)NNC(=O)C2CCCCC2)cc1. The van der Waals surface area contributed by atoms with Crippen LogP contribution in [-0.4, -0.2) is 31.6 Å². The molecule has 1 aromatic carbocycles. The highest BCUT2D eigenvalue weighted by Gasteiger charge is 2.21. The van der Waals surface area contributed by atoms with Crippen molar-refractivity contribution in [3.63, 3.8) is 0 Å². The van der Waals surface area contributed by atoms with Crippen molar-refractivity contribution in [1.82, 2.24) is 10.9 Å². The van der Waals surface area contributed by atoms with E-state index in [-0.39, 0.29) is 17.7 Å². The number of benzene rings is 1. The third kappa shape index (κ3) is 5.85. The Labute approximate surface area is 142 Å². The van der Waals surface area contributed by atoms with E-state index < -0.39 is 0 Å². The number of hydrazine groups is 1. The van der Waals surface area contributed by atoms with E-state index in [0.29, 0.717) is 31.1 Å². The van der Waals surface area contributed by atoms with Crippen LogP contribution in [0, 0.1) is 5.92 Å². The second-order valence-corrected chi connectivity index (χ2v) is 5.85. The van der Waals surface area contributed by atoms with E-state index in [2.05, 4.69) is 10.9 Å². The highest BCUT2D eigenvalue weighted by molar-refractivity contribution is 5.95. The van der Waals surface area contributed by atoms with Crippen molar-refractivity contribution < 1.29 is 19.1 Å². The van der Waals surface area contributed by atoms with E-state index in [4.69, 9.17) is 9.47 Å². The Hall–Kier alpha value is -2.08. The van der Waals surface area contributed by atoms with Gasteiger partial charge >= 0.3 is 0 Å². The molecule has 1 aromatic rings. The average Bonchev–Trinajstić information content (AvgIpc) is 2.64. The van der Waals surface area contributed by atoms with Crippen LogP contribution in [-0.2, 0) is 9.53 Å². The Balaban J connectivity index is 1.74. The molecule has 0 heterocycles. The molecular weight excluding hydrogens is 308 g/mol. The van der Waals surface area contributed by atoms with Crippen LogP contribution < -0.4 is 15.6 Å². The van der Waals surface area contributed by atoms with Gasteiger partial charge in [0.25, 0.3) is 5.91 Å². The molecule has 132 valence electrons. The van der Waals surface area contributed by atoms with Crippen LogP contribution in [0.4, 0.5) is 0 Å². The van der Waals surface area contributed by atoms with Crippen LogP contribution in [0.2, 0.25) is 0 Å². The first-order valence-corrected chi connectivity index (χ1v) is 8.61. The fraction of sp³-hybridized carbons (Fsp3) is 0.556. The van der Waals surface area contributed by atoms with Gasteiger partial charge in [-0.05, 0) is 44.0 Å². The van der Waals surface area contributed by atoms with Crippen LogP contribution >= 0.6 is 0 Å². The number of hydrogen-bond acceptors (Lipinski definition) is 4. The Kier molecular flexibility index (Phi) is 7.55. The average molecular weight is 334 g/mol. The van der Waals surface area contributed by atoms with Crippen molar-refractivity contribution in [2.24, 2.45) is 5.92 Å². The van der Waals surface area contributed by atoms with Crippen LogP contribution in [0.3, 0.4) is 0 Å². The van der Waals surface area contributed by atoms with Crippen molar-refractivity contribution in [3.05, 3.63) is 29.8 Å². The molecule has 1 fully saturated rings. The third-order valence-electron chi connectivity index (χ3n) is 4.09. The second kappa shape index (κ2) is 9.93. The molecule has 0 saturated heterocycles. The maximum Gasteiger partial charge on any atom is 0.269 e. The smallest absolute Gasteiger partial charge is 0.269 e. The van der Waals surface area contributed by atoms with Gasteiger partial charge in [0, 0.05) is 18.1 Å². The molecule has 0 bridgehead atoms. The maximum absolute atomic E-state index is 12.1. The zero-order valence-electron chi connectivity index (χ0n) is 14.2. The predicted octanol–water partition coefficient (Wildman–Crippen LogP) is 2.44. The molecule has 2 rings (SSSR count). The van der Waals surface area contributed by atoms with Gasteiger partial charge in [-0.15, -0.1) is 0 Å². The van der Waals surface area contributed by atoms with Crippen molar-refractivity contribution in [1.29, 1.82) is 0 Å². The molecule has 0 atom stereocenters. The summed E-state index contributed by atoms with van der Waals surface area (Å²) in [5, 5.41) is 0. The van der Waals surface area contributed by atoms with Gasteiger partial charge in [0.05, 0.1) is 6.61 Å². The molecule has 0 unspecified atom stereocenters. The molecule has 0 spiro atoms. The summed E-state index contributed by atoms with van der Waals surface area (Å²) in [6, 6.07) is 6.78. The first kappa shape index (κ1) is 18.3. The highest BCUT2D eigenvalue weighted by atomic mass is 16.5. The number of nitrogens with one attached hydrogen (secondary N) is 2. The zero-order chi connectivity index (χ0) is 17.2. The summed E-state index contributed by atoms with van der Waals surface area (Å²) in [6.45, 7) is 3.60. The van der Waals surface area contributed by atoms with E-state index in [9.17, 15) is 9.59 Å². The minimum absolute atomic E-state index is 0.0140. The molecule has 24 heavy (non-hydrogen) atoms. The number of amides is 2. The van der Waals surface area contributed by atoms with Crippen LogP contribution in [0.25, 0.3) is 0 Å². The van der Waals surface area contributed by atoms with Gasteiger partial charge in [-0.1, -0.05) is 19.3 Å². The second-order valence-electron chi connectivity index (χ2n) is 5.85. The lowest BCUT2D eigenvalue weighted by Gasteiger charge is -2.20. The van der Waals surface area contributed by atoms with E-state index in [1.165, 1.54) is 6.42 Å². The standard InChI is InChI=1S/C18H26N2O4/c1-2-23-12-13-24-16-10-8-15(9-11-16)18(22)20-19-17(21)14-6-4-3-5-7-14/h8-11,14H,2-7,12-13H2,1H3,(H,19,21)(H,20,22). The van der Waals surface area contributed by atoms with E-state index in [1.807, 2.05) is 6.92 Å². The molecule has 2 amide bonds. The summed E-state index contributed by atoms with van der Waals surface area (Å²) < 4.78 is 10.7. The highest BCUT2D eigenvalue weighted by Crippen LogP contribution is 2.23. The lowest BCUT2D eigenvalue weighted by molar-refractivity contribution is -0.126. The fourth-order valence-corrected chi connectivity index (χ4v) is 2.72. The number of carbonyl (C=O) groups excluding carboxylic acids is 2. The largest absolute Gasteiger partial charge is 0.491 e. The molecule has 0 aliphatic heterocycles. The van der Waals surface area contributed by atoms with Gasteiger partial charge in [-0.3, -0.25) is 20.4 Å². The molecule has 1 aliphatic rings. The minimum Gasteiger partial charge on any atom is -0.491 e. The summed E-state index contributed by atoms with van der Waals surface area (Å²) in [7, 11) is 0. The van der Waals surface area contributed by atoms with Crippen molar-refractivity contribution >= 4 is 11.8 Å². The minimum atomic E-state index is -0.333. The van der Waals surface area contributed by atoms with Crippen molar-refractivity contribution in [2.75, 3.05) is 19.8 Å². The molecule has 6 heteroatoms. The molecule has 2 N–H and O–H groups in total. The Morgan fingerprint density at radius 3 is 2.42 bits per heavy atom. The van der Waals surface area contributed by atoms with Gasteiger partial charge < -0.3 is 9.47 Å². The normalized spacial score (nSPS) is 14.9. The first-order chi connectivity index (χ1) is 11.7. The van der Waals surface area contributed by atoms with Gasteiger partial charge in [0.1, 0.15) is 12.4 Å². The zero-order valence-corrected chi connectivity index (χ0v) is 14.2. The fourth-order valence-electron chi connectivity index (χ4n) is 2.72. The summed E-state index contributed by atoms with van der Waals surface area (Å²) in [5.41, 5.74) is 5.47. The third-order valence-corrected chi connectivity index (χ3v) is 4.09. The Morgan fingerprint density at radius 2 is 1.75 bits per heavy atom. The van der Waals surface area contributed by atoms with Crippen molar-refractivity contribution in [2.45, 2.75) is 39.0 Å². The van der Waals surface area contributed by atoms with Gasteiger partial charge in [-0.2, -0.15) is 0 Å². The van der Waals surface area contributed by atoms with Crippen LogP contribution in [0.5, 0.6) is 5.75 Å². The Morgan fingerprint density at radius 1 is 1.04 bits per heavy atom. The quantitative estimate of drug-likeness (QED) is 0.593. The summed E-state index contributed by atoms with van der Waals surface area (Å²) >= 11 is 0. The lowest BCUT2D eigenvalue weighted by Crippen LogP contribution is -2.44. The maximum atomic E-state index is 12.1. The number of carbonyl (C=O) groups is 2. The van der Waals surface area contributed by atoms with Gasteiger partial charge in [0.15, 0.2) is 0 Å². The van der Waals surface area contributed by atoms with Crippen molar-refractivity contribution in [3.8, 4) is 5.75 Å². The topological polar surface area (TPSA) is 76.7 Å². The lowest BCUT2D eigenvalue weighted by atomic mass is 9.89. The first-order valence-electron chi connectivity index (χ1n) is 8.61. The van der Waals surface area contributed by atoms with Crippen LogP contribution in [0.15, 0.2) is 24.3 Å². The number of hydrogen-bond donors (Lipinski definition) is 2. The predicted molar refractivity (Wildman–Crippen MR) is 90.6 cm³/mol. The summed E-state index contributed by atoms with van der Waals surface area (Å²) in [4.78, 5) is 24.1. The van der Waals surface area contributed by atoms with E-state index in [0.717, 1.165) is 25.7 Å². The molecule has 0 aromatic heterocycles. The summed E-state index contributed by atoms with van der Waals surface area (Å²) in [6.07, 6.45) is 5.15. The number of ether oxygens (including phenoxy) is 2. The Bertz CT molecular complexity index is 524. The molecule has 1 saturated carbocycles. The monoisotopic (exact) mass is 334 g/mol. The molecule has 1 aliphatic carbocycles. The van der Waals surface area contributed by atoms with Crippen LogP contribution in [0.1, 0.15) is 49.4 Å². The van der Waals surface area contributed by atoms with Gasteiger partial charge in [0.2, 0.25) is 5.91 Å². The summed E-state index contributed by atoms with van der Waals surface area (Å²) in [5.74, 6) is 0.261. The molecular formula is C18H26N2O4. The van der Waals surface area contributed by atoms with Gasteiger partial charge in [-0.25, -0.2) is 0 Å². The van der Waals surface area contributed by atoms with E-state index in [1.54, 1.807) is 24.3 Å².